The van der Waals surface area contributed by atoms with E-state index in [2.05, 4.69) is 5.48 Å². The Labute approximate surface area is 152 Å². The fraction of sp³-hybridized carbons (Fsp3) is 0.556. The number of hydrogen-bond acceptors (Lipinski definition) is 6. The van der Waals surface area contributed by atoms with Crippen LogP contribution in [0.2, 0.25) is 0 Å². The van der Waals surface area contributed by atoms with Gasteiger partial charge in [0.2, 0.25) is 5.91 Å². The van der Waals surface area contributed by atoms with E-state index in [1.807, 2.05) is 51.1 Å². The number of rotatable bonds is 7. The molecule has 6 nitrogen and oxygen atoms in total. The predicted octanol–water partition coefficient (Wildman–Crippen LogP) is 1.95. The highest BCUT2D eigenvalue weighted by Gasteiger charge is 2.63. The zero-order chi connectivity index (χ0) is 18.0. The molecule has 0 spiro atoms. The van der Waals surface area contributed by atoms with Gasteiger partial charge in [-0.1, -0.05) is 30.3 Å². The molecule has 3 rings (SSSR count). The van der Waals surface area contributed by atoms with Crippen LogP contribution in [-0.4, -0.2) is 46.1 Å². The number of carbonyl (C=O) groups excluding carboxylic acids is 2. The summed E-state index contributed by atoms with van der Waals surface area (Å²) in [6, 6.07) is 9.00. The molecule has 1 aromatic rings. The van der Waals surface area contributed by atoms with Crippen molar-refractivity contribution in [1.29, 1.82) is 0 Å². The minimum atomic E-state index is -0.554. The minimum Gasteiger partial charge on any atom is -0.459 e. The third-order valence-corrected chi connectivity index (χ3v) is 6.18. The molecule has 1 amide bonds. The number of hydrogen-bond donors (Lipinski definition) is 1. The summed E-state index contributed by atoms with van der Waals surface area (Å²) in [6.07, 6.45) is 0. The van der Waals surface area contributed by atoms with Gasteiger partial charge in [-0.2, -0.15) is 0 Å². The van der Waals surface area contributed by atoms with Crippen molar-refractivity contribution in [2.45, 2.75) is 43.5 Å². The second kappa shape index (κ2) is 7.35. The van der Waals surface area contributed by atoms with Crippen LogP contribution in [0, 0.1) is 5.92 Å². The quantitative estimate of drug-likeness (QED) is 0.345. The Kier molecular flexibility index (Phi) is 5.36. The number of hydroxylamine groups is 1. The van der Waals surface area contributed by atoms with Gasteiger partial charge in [-0.15, -0.1) is 11.8 Å². The summed E-state index contributed by atoms with van der Waals surface area (Å²) in [4.78, 5) is 32.0. The molecular formula is C18H24N2O4S. The molecule has 2 fully saturated rings. The fourth-order valence-electron chi connectivity index (χ4n) is 3.32. The van der Waals surface area contributed by atoms with E-state index in [-0.39, 0.29) is 34.5 Å². The number of amides is 1. The molecule has 0 unspecified atom stereocenters. The molecule has 0 radical (unpaired) electrons. The molecule has 7 heteroatoms. The topological polar surface area (TPSA) is 67.9 Å². The SMILES string of the molecule is CCONC[C@H]1C(=O)N2[C@@H]1SC(C)(C)[C@@H]2C(=O)OCc1ccccc1. The highest BCUT2D eigenvalue weighted by Crippen LogP contribution is 2.53. The molecule has 25 heavy (non-hydrogen) atoms. The van der Waals surface area contributed by atoms with E-state index >= 15 is 0 Å². The average Bonchev–Trinajstić information content (AvgIpc) is 2.85. The van der Waals surface area contributed by atoms with E-state index < -0.39 is 6.04 Å². The largest absolute Gasteiger partial charge is 0.459 e. The van der Waals surface area contributed by atoms with Crippen LogP contribution in [0.25, 0.3) is 0 Å². The number of fused-ring (bicyclic) bond motifs is 1. The Morgan fingerprint density at radius 3 is 2.72 bits per heavy atom. The summed E-state index contributed by atoms with van der Waals surface area (Å²) in [5.41, 5.74) is 3.76. The molecule has 0 aliphatic carbocycles. The molecule has 2 aliphatic rings. The number of nitrogens with zero attached hydrogens (tertiary/aromatic N) is 1. The summed E-state index contributed by atoms with van der Waals surface area (Å²) in [5.74, 6) is -0.520. The number of ether oxygens (including phenoxy) is 1. The van der Waals surface area contributed by atoms with Gasteiger partial charge in [0, 0.05) is 11.3 Å². The summed E-state index contributed by atoms with van der Waals surface area (Å²) >= 11 is 1.65. The van der Waals surface area contributed by atoms with Crippen LogP contribution < -0.4 is 5.48 Å². The summed E-state index contributed by atoms with van der Waals surface area (Å²) in [6.45, 7) is 7.09. The van der Waals surface area contributed by atoms with E-state index in [9.17, 15) is 9.59 Å². The van der Waals surface area contributed by atoms with Gasteiger partial charge in [0.25, 0.3) is 0 Å². The first-order valence-corrected chi connectivity index (χ1v) is 9.39. The Bertz CT molecular complexity index is 637. The van der Waals surface area contributed by atoms with Crippen molar-refractivity contribution in [3.63, 3.8) is 0 Å². The first kappa shape index (κ1) is 18.2. The average molecular weight is 364 g/mol. The Balaban J connectivity index is 1.63. The van der Waals surface area contributed by atoms with Crippen molar-refractivity contribution >= 4 is 23.6 Å². The van der Waals surface area contributed by atoms with Crippen molar-refractivity contribution in [3.05, 3.63) is 35.9 Å². The predicted molar refractivity (Wildman–Crippen MR) is 95.4 cm³/mol. The van der Waals surface area contributed by atoms with Gasteiger partial charge in [0.15, 0.2) is 0 Å². The maximum Gasteiger partial charge on any atom is 0.330 e. The lowest BCUT2D eigenvalue weighted by Crippen LogP contribution is -2.64. The summed E-state index contributed by atoms with van der Waals surface area (Å²) < 4.78 is 5.12. The van der Waals surface area contributed by atoms with E-state index in [0.717, 1.165) is 5.56 Å². The van der Waals surface area contributed by atoms with Crippen molar-refractivity contribution in [2.75, 3.05) is 13.2 Å². The van der Waals surface area contributed by atoms with E-state index in [1.165, 1.54) is 0 Å². The van der Waals surface area contributed by atoms with Crippen LogP contribution in [-0.2, 0) is 25.8 Å². The molecule has 0 aromatic heterocycles. The fourth-order valence-corrected chi connectivity index (χ4v) is 5.00. The summed E-state index contributed by atoms with van der Waals surface area (Å²) in [5, 5.41) is -0.00951. The van der Waals surface area contributed by atoms with Crippen molar-refractivity contribution in [3.8, 4) is 0 Å². The first-order chi connectivity index (χ1) is 12.0. The monoisotopic (exact) mass is 364 g/mol. The zero-order valence-corrected chi connectivity index (χ0v) is 15.5. The third kappa shape index (κ3) is 3.54. The zero-order valence-electron chi connectivity index (χ0n) is 14.7. The van der Waals surface area contributed by atoms with Gasteiger partial charge in [0.05, 0.1) is 17.9 Å². The molecule has 0 saturated carbocycles. The van der Waals surface area contributed by atoms with E-state index in [1.54, 1.807) is 16.7 Å². The van der Waals surface area contributed by atoms with E-state index in [4.69, 9.17) is 9.57 Å². The van der Waals surface area contributed by atoms with Gasteiger partial charge < -0.3 is 14.5 Å². The van der Waals surface area contributed by atoms with Gasteiger partial charge in [0.1, 0.15) is 12.6 Å². The Morgan fingerprint density at radius 1 is 1.32 bits per heavy atom. The number of carbonyl (C=O) groups is 2. The third-order valence-electron chi connectivity index (χ3n) is 4.55. The number of benzene rings is 1. The van der Waals surface area contributed by atoms with Gasteiger partial charge in [-0.3, -0.25) is 4.79 Å². The van der Waals surface area contributed by atoms with Crippen molar-refractivity contribution in [2.24, 2.45) is 5.92 Å². The normalized spacial score (nSPS) is 26.9. The van der Waals surface area contributed by atoms with Crippen LogP contribution in [0.4, 0.5) is 0 Å². The molecule has 1 N–H and O–H groups in total. The molecule has 1 aromatic carbocycles. The van der Waals surface area contributed by atoms with Crippen LogP contribution in [0.3, 0.4) is 0 Å². The molecule has 136 valence electrons. The Hall–Kier alpha value is -1.57. The molecule has 2 saturated heterocycles. The standard InChI is InChI=1S/C18H24N2O4S/c1-4-24-19-10-13-15(21)20-14(18(2,3)25-16(13)20)17(22)23-11-12-8-6-5-7-9-12/h5-9,13-14,16,19H,4,10-11H2,1-3H3/t13-,14-,16+/m0/s1. The lowest BCUT2D eigenvalue weighted by atomic mass is 9.92. The number of nitrogens with one attached hydrogen (secondary N) is 1. The van der Waals surface area contributed by atoms with Gasteiger partial charge in [-0.25, -0.2) is 10.3 Å². The molecule has 2 aliphatic heterocycles. The van der Waals surface area contributed by atoms with Crippen molar-refractivity contribution < 1.29 is 19.2 Å². The second-order valence-corrected chi connectivity index (χ2v) is 8.51. The van der Waals surface area contributed by atoms with Gasteiger partial charge in [-0.05, 0) is 26.3 Å². The molecule has 0 bridgehead atoms. The van der Waals surface area contributed by atoms with Crippen LogP contribution in [0.1, 0.15) is 26.3 Å². The molecule has 3 atom stereocenters. The summed E-state index contributed by atoms with van der Waals surface area (Å²) in [7, 11) is 0. The lowest BCUT2D eigenvalue weighted by Gasteiger charge is -2.43. The highest BCUT2D eigenvalue weighted by atomic mass is 32.2. The highest BCUT2D eigenvalue weighted by molar-refractivity contribution is 8.01. The minimum absolute atomic E-state index is 0.00951. The second-order valence-electron chi connectivity index (χ2n) is 6.74. The molecule has 2 heterocycles. The maximum absolute atomic E-state index is 12.7. The first-order valence-electron chi connectivity index (χ1n) is 8.51. The van der Waals surface area contributed by atoms with Crippen LogP contribution >= 0.6 is 11.8 Å². The number of thioether (sulfide) groups is 1. The lowest BCUT2D eigenvalue weighted by molar-refractivity contribution is -0.168. The Morgan fingerprint density at radius 2 is 2.04 bits per heavy atom. The maximum atomic E-state index is 12.7. The number of esters is 1. The smallest absolute Gasteiger partial charge is 0.330 e. The number of β-lactam (4-membered cyclic amide) rings is 1. The van der Waals surface area contributed by atoms with E-state index in [0.29, 0.717) is 13.2 Å². The molecular weight excluding hydrogens is 340 g/mol. The van der Waals surface area contributed by atoms with Crippen LogP contribution in [0.15, 0.2) is 30.3 Å². The van der Waals surface area contributed by atoms with Gasteiger partial charge >= 0.3 is 5.97 Å². The van der Waals surface area contributed by atoms with Crippen molar-refractivity contribution in [1.82, 2.24) is 10.4 Å². The van der Waals surface area contributed by atoms with Crippen LogP contribution in [0.5, 0.6) is 0 Å².